The molecule has 10 nitrogen and oxygen atoms in total. The number of rotatable bonds is 17. The number of halogens is 1. The number of likely N-dealkylation sites (tertiary alicyclic amines) is 1. The van der Waals surface area contributed by atoms with Gasteiger partial charge in [-0.05, 0) is 56.9 Å². The molecule has 3 heterocycles. The van der Waals surface area contributed by atoms with Crippen molar-refractivity contribution in [2.75, 3.05) is 26.3 Å². The van der Waals surface area contributed by atoms with Crippen LogP contribution in [0.15, 0.2) is 55.6 Å². The standard InChI is InChI=1S/C38H54BrN3O7/c1-8-10-18-28(44)48-23-27(25-16-12-11-13-17-25)40-33(45)29-30-34(46)41(20-14-15-21-43)32(38(30)22-26(39)31(29)49-38)35(47)42(19-9-2)37(6,7)24-36(3,4)5/h8-9,11-13,16-17,26-27,29-32,43H,1-2,10,14-15,18-24H2,3-7H3,(H,40,45)/t26?,27-,29+,30-,31+,32+,38-/m1/s1. The number of alkyl halides is 1. The summed E-state index contributed by atoms with van der Waals surface area (Å²) in [5.74, 6) is -3.10. The second-order valence-electron chi connectivity index (χ2n) is 15.4. The molecular weight excluding hydrogens is 690 g/mol. The lowest BCUT2D eigenvalue weighted by molar-refractivity contribution is -0.153. The van der Waals surface area contributed by atoms with Gasteiger partial charge in [-0.25, -0.2) is 0 Å². The Morgan fingerprint density at radius 1 is 1.16 bits per heavy atom. The van der Waals surface area contributed by atoms with Crippen LogP contribution < -0.4 is 5.32 Å². The van der Waals surface area contributed by atoms with E-state index in [1.165, 1.54) is 0 Å². The molecule has 270 valence electrons. The molecule has 3 fully saturated rings. The first-order valence-electron chi connectivity index (χ1n) is 17.4. The van der Waals surface area contributed by atoms with Gasteiger partial charge in [0.15, 0.2) is 0 Å². The monoisotopic (exact) mass is 743 g/mol. The molecule has 1 aromatic rings. The van der Waals surface area contributed by atoms with E-state index < -0.39 is 53.0 Å². The van der Waals surface area contributed by atoms with Crippen molar-refractivity contribution >= 4 is 39.6 Å². The van der Waals surface area contributed by atoms with Crippen molar-refractivity contribution in [2.45, 2.75) is 107 Å². The van der Waals surface area contributed by atoms with E-state index in [-0.39, 0.29) is 54.8 Å². The largest absolute Gasteiger partial charge is 0.463 e. The number of allylic oxidation sites excluding steroid dienone is 1. The molecule has 3 saturated heterocycles. The van der Waals surface area contributed by atoms with Crippen molar-refractivity contribution in [1.82, 2.24) is 15.1 Å². The number of esters is 1. The summed E-state index contributed by atoms with van der Waals surface area (Å²) in [6.07, 6.45) is 5.41. The lowest BCUT2D eigenvalue weighted by Gasteiger charge is -2.45. The number of amides is 3. The minimum atomic E-state index is -1.23. The van der Waals surface area contributed by atoms with Gasteiger partial charge in [-0.15, -0.1) is 13.2 Å². The number of aliphatic hydroxyl groups is 1. The number of nitrogens with zero attached hydrogens (tertiary/aromatic N) is 2. The minimum Gasteiger partial charge on any atom is -0.463 e. The maximum absolute atomic E-state index is 14.9. The molecule has 2 bridgehead atoms. The zero-order chi connectivity index (χ0) is 36.1. The van der Waals surface area contributed by atoms with Gasteiger partial charge in [-0.1, -0.05) is 79.2 Å². The highest BCUT2D eigenvalue weighted by Crippen LogP contribution is 2.60. The average molecular weight is 745 g/mol. The molecule has 0 aliphatic carbocycles. The normalized spacial score (nSPS) is 26.6. The van der Waals surface area contributed by atoms with Gasteiger partial charge in [0, 0.05) is 36.5 Å². The Kier molecular flexibility index (Phi) is 12.6. The zero-order valence-electron chi connectivity index (χ0n) is 29.7. The molecule has 11 heteroatoms. The van der Waals surface area contributed by atoms with Gasteiger partial charge in [-0.2, -0.15) is 0 Å². The van der Waals surface area contributed by atoms with Crippen LogP contribution in [-0.2, 0) is 28.7 Å². The van der Waals surface area contributed by atoms with E-state index in [4.69, 9.17) is 9.47 Å². The fourth-order valence-electron chi connectivity index (χ4n) is 8.29. The maximum Gasteiger partial charge on any atom is 0.306 e. The summed E-state index contributed by atoms with van der Waals surface area (Å²) in [5, 5.41) is 12.6. The number of carbonyl (C=O) groups excluding carboxylic acids is 4. The van der Waals surface area contributed by atoms with E-state index in [1.807, 2.05) is 44.2 Å². The number of aliphatic hydroxyl groups excluding tert-OH is 1. The second-order valence-corrected chi connectivity index (χ2v) is 16.6. The Morgan fingerprint density at radius 2 is 1.86 bits per heavy atom. The molecule has 1 spiro atoms. The van der Waals surface area contributed by atoms with Gasteiger partial charge in [0.1, 0.15) is 18.2 Å². The summed E-state index contributed by atoms with van der Waals surface area (Å²) < 4.78 is 12.3. The molecule has 3 aliphatic rings. The Labute approximate surface area is 299 Å². The molecule has 0 radical (unpaired) electrons. The number of unbranched alkanes of at least 4 members (excludes halogenated alkanes) is 1. The summed E-state index contributed by atoms with van der Waals surface area (Å²) in [5.41, 5.74) is -1.15. The van der Waals surface area contributed by atoms with Gasteiger partial charge in [-0.3, -0.25) is 19.2 Å². The molecule has 3 aliphatic heterocycles. The van der Waals surface area contributed by atoms with Gasteiger partial charge >= 0.3 is 5.97 Å². The Balaban J connectivity index is 1.70. The predicted octanol–water partition coefficient (Wildman–Crippen LogP) is 5.10. The van der Waals surface area contributed by atoms with Gasteiger partial charge in [0.05, 0.1) is 24.0 Å². The number of fused-ring (bicyclic) bond motifs is 1. The summed E-state index contributed by atoms with van der Waals surface area (Å²) >= 11 is 3.76. The van der Waals surface area contributed by atoms with Crippen molar-refractivity contribution in [3.05, 3.63) is 61.2 Å². The Morgan fingerprint density at radius 3 is 2.47 bits per heavy atom. The van der Waals surface area contributed by atoms with Crippen LogP contribution in [0.5, 0.6) is 0 Å². The molecule has 2 N–H and O–H groups in total. The van der Waals surface area contributed by atoms with Crippen LogP contribution in [-0.4, -0.2) is 93.0 Å². The van der Waals surface area contributed by atoms with Crippen LogP contribution in [0, 0.1) is 17.3 Å². The molecule has 1 unspecified atom stereocenters. The highest BCUT2D eigenvalue weighted by molar-refractivity contribution is 9.09. The topological polar surface area (TPSA) is 125 Å². The molecule has 4 rings (SSSR count). The van der Waals surface area contributed by atoms with Crippen molar-refractivity contribution in [3.63, 3.8) is 0 Å². The number of benzene rings is 1. The van der Waals surface area contributed by atoms with Gasteiger partial charge in [0.2, 0.25) is 17.7 Å². The summed E-state index contributed by atoms with van der Waals surface area (Å²) in [6, 6.07) is 7.62. The molecule has 49 heavy (non-hydrogen) atoms. The number of hydrogen-bond acceptors (Lipinski definition) is 7. The highest BCUT2D eigenvalue weighted by Gasteiger charge is 2.76. The van der Waals surface area contributed by atoms with Crippen molar-refractivity contribution < 1.29 is 33.8 Å². The maximum atomic E-state index is 14.9. The number of hydrogen-bond donors (Lipinski definition) is 2. The molecule has 7 atom stereocenters. The van der Waals surface area contributed by atoms with Crippen molar-refractivity contribution in [2.24, 2.45) is 17.3 Å². The number of ether oxygens (including phenoxy) is 2. The van der Waals surface area contributed by atoms with Crippen LogP contribution >= 0.6 is 15.9 Å². The van der Waals surface area contributed by atoms with Gasteiger partial charge in [0.25, 0.3) is 0 Å². The lowest BCUT2D eigenvalue weighted by atomic mass is 9.70. The minimum absolute atomic E-state index is 0.0392. The van der Waals surface area contributed by atoms with E-state index >= 15 is 0 Å². The zero-order valence-corrected chi connectivity index (χ0v) is 31.2. The first kappa shape index (κ1) is 38.8. The molecule has 0 aromatic heterocycles. The SMILES string of the molecule is C=CCCC(=O)OC[C@@H](NC(=O)[C@@H]1[C@H]2O[C@@]3(CC2Br)[C@H](C(=O)N(CC=C)C(C)(C)CC(C)(C)C)N(CCCCO)C(=O)[C@@H]13)c1ccccc1. The third-order valence-corrected chi connectivity index (χ3v) is 10.7. The average Bonchev–Trinajstić information content (AvgIpc) is 3.63. The van der Waals surface area contributed by atoms with E-state index in [1.54, 1.807) is 22.0 Å². The quantitative estimate of drug-likeness (QED) is 0.0985. The highest BCUT2D eigenvalue weighted by atomic mass is 79.9. The first-order chi connectivity index (χ1) is 23.1. The van der Waals surface area contributed by atoms with E-state index in [9.17, 15) is 24.3 Å². The molecular formula is C38H54BrN3O7. The van der Waals surface area contributed by atoms with Crippen LogP contribution in [0.4, 0.5) is 0 Å². The number of nitrogens with one attached hydrogen (secondary N) is 1. The molecule has 0 saturated carbocycles. The Hall–Kier alpha value is -3.02. The summed E-state index contributed by atoms with van der Waals surface area (Å²) in [4.78, 5) is 59.4. The third kappa shape index (κ3) is 8.31. The van der Waals surface area contributed by atoms with Crippen LogP contribution in [0.3, 0.4) is 0 Å². The van der Waals surface area contributed by atoms with E-state index in [0.29, 0.717) is 32.1 Å². The van der Waals surface area contributed by atoms with E-state index in [0.717, 1.165) is 5.56 Å². The van der Waals surface area contributed by atoms with Crippen LogP contribution in [0.25, 0.3) is 0 Å². The summed E-state index contributed by atoms with van der Waals surface area (Å²) in [7, 11) is 0. The predicted molar refractivity (Wildman–Crippen MR) is 192 cm³/mol. The smallest absolute Gasteiger partial charge is 0.306 e. The first-order valence-corrected chi connectivity index (χ1v) is 18.3. The third-order valence-electron chi connectivity index (χ3n) is 9.89. The fraction of sp³-hybridized carbons (Fsp3) is 0.632. The van der Waals surface area contributed by atoms with Crippen LogP contribution in [0.2, 0.25) is 0 Å². The van der Waals surface area contributed by atoms with Crippen molar-refractivity contribution in [1.29, 1.82) is 0 Å². The number of carbonyl (C=O) groups is 4. The molecule has 3 amide bonds. The fourth-order valence-corrected chi connectivity index (χ4v) is 9.23. The lowest BCUT2D eigenvalue weighted by Crippen LogP contribution is -2.61. The molecule has 1 aromatic carbocycles. The van der Waals surface area contributed by atoms with E-state index in [2.05, 4.69) is 55.2 Å². The second kappa shape index (κ2) is 15.9. The summed E-state index contributed by atoms with van der Waals surface area (Å²) in [6.45, 7) is 18.5. The van der Waals surface area contributed by atoms with Crippen molar-refractivity contribution in [3.8, 4) is 0 Å². The Bertz CT molecular complexity index is 1380. The van der Waals surface area contributed by atoms with Gasteiger partial charge < -0.3 is 29.7 Å². The van der Waals surface area contributed by atoms with Crippen LogP contribution in [0.1, 0.15) is 84.7 Å².